The molecule has 0 spiro atoms. The number of imidazole rings is 1. The Morgan fingerprint density at radius 1 is 1.07 bits per heavy atom. The molecule has 2 amide bonds. The van der Waals surface area contributed by atoms with Crippen molar-refractivity contribution in [3.05, 3.63) is 58.2 Å². The Bertz CT molecular complexity index is 1720. The van der Waals surface area contributed by atoms with E-state index < -0.39 is 17.6 Å². The maximum Gasteiger partial charge on any atom is 0.410 e. The third-order valence-electron chi connectivity index (χ3n) is 7.67. The van der Waals surface area contributed by atoms with Crippen molar-refractivity contribution in [3.63, 3.8) is 0 Å². The molecule has 2 aromatic carbocycles. The number of hydrogen-bond acceptors (Lipinski definition) is 9. The number of benzene rings is 2. The summed E-state index contributed by atoms with van der Waals surface area (Å²) in [5, 5.41) is 1.12. The number of fused-ring (bicyclic) bond motifs is 1. The maximum atomic E-state index is 12.5. The molecule has 1 aliphatic heterocycles. The number of halogens is 1. The van der Waals surface area contributed by atoms with E-state index in [-0.39, 0.29) is 16.9 Å². The van der Waals surface area contributed by atoms with Crippen LogP contribution in [0.2, 0.25) is 5.02 Å². The molecule has 0 radical (unpaired) electrons. The zero-order valence-electron chi connectivity index (χ0n) is 26.8. The number of aromatic nitrogens is 2. The second-order valence-corrected chi connectivity index (χ2v) is 13.5. The number of rotatable bonds is 10. The molecule has 46 heavy (non-hydrogen) atoms. The second kappa shape index (κ2) is 13.7. The van der Waals surface area contributed by atoms with E-state index in [0.29, 0.717) is 63.8 Å². The van der Waals surface area contributed by atoms with Crippen LogP contribution in [0.4, 0.5) is 4.79 Å². The summed E-state index contributed by atoms with van der Waals surface area (Å²) in [5.41, 5.74) is 7.40. The summed E-state index contributed by atoms with van der Waals surface area (Å²) in [6, 6.07) is 10.9. The highest BCUT2D eigenvalue weighted by molar-refractivity contribution is 7.16. The zero-order valence-corrected chi connectivity index (χ0v) is 28.4. The largest absolute Gasteiger partial charge is 0.493 e. The summed E-state index contributed by atoms with van der Waals surface area (Å²) in [4.78, 5) is 31.4. The summed E-state index contributed by atoms with van der Waals surface area (Å²) in [6.45, 7) is 9.14. The Hall–Kier alpha value is -4.16. The van der Waals surface area contributed by atoms with Crippen LogP contribution in [0.25, 0.3) is 16.0 Å². The smallest absolute Gasteiger partial charge is 0.410 e. The lowest BCUT2D eigenvalue weighted by molar-refractivity contribution is 0.0165. The zero-order chi connectivity index (χ0) is 33.2. The molecule has 3 heterocycles. The van der Waals surface area contributed by atoms with Crippen LogP contribution >= 0.6 is 22.9 Å². The van der Waals surface area contributed by atoms with Gasteiger partial charge in [-0.3, -0.25) is 9.36 Å². The minimum absolute atomic E-state index is 0.269. The van der Waals surface area contributed by atoms with E-state index in [2.05, 4.69) is 4.98 Å². The minimum atomic E-state index is -0.608. The number of nitrogens with two attached hydrogens (primary N) is 1. The number of primary amides is 1. The monoisotopic (exact) mass is 670 g/mol. The molecular weight excluding hydrogens is 632 g/mol. The highest BCUT2D eigenvalue weighted by Crippen LogP contribution is 2.40. The average Bonchev–Trinajstić information content (AvgIpc) is 3.62. The molecule has 0 saturated carbocycles. The number of likely N-dealkylation sites (tertiary alicyclic amines) is 1. The third kappa shape index (κ3) is 7.28. The molecule has 0 bridgehead atoms. The Balaban J connectivity index is 1.28. The van der Waals surface area contributed by atoms with E-state index in [4.69, 9.17) is 41.0 Å². The lowest BCUT2D eigenvalue weighted by Gasteiger charge is -2.33. The van der Waals surface area contributed by atoms with Crippen LogP contribution in [0.15, 0.2) is 42.7 Å². The number of piperidine rings is 1. The number of carbonyl (C=O) groups is 2. The number of nitrogens with zero attached hydrogens (tertiary/aromatic N) is 3. The minimum Gasteiger partial charge on any atom is -0.493 e. The molecular formula is C33H39ClN4O7S. The van der Waals surface area contributed by atoms with Crippen molar-refractivity contribution in [1.82, 2.24) is 14.5 Å². The number of thiophene rings is 1. The highest BCUT2D eigenvalue weighted by atomic mass is 35.5. The number of methoxy groups -OCH3 is 2. The molecule has 11 nitrogen and oxygen atoms in total. The Labute approximate surface area is 277 Å². The van der Waals surface area contributed by atoms with E-state index in [1.54, 1.807) is 37.6 Å². The van der Waals surface area contributed by atoms with Crippen molar-refractivity contribution in [2.45, 2.75) is 52.2 Å². The van der Waals surface area contributed by atoms with Crippen LogP contribution in [-0.2, 0) is 4.74 Å². The fourth-order valence-electron chi connectivity index (χ4n) is 5.28. The molecule has 2 N–H and O–H groups in total. The Morgan fingerprint density at radius 2 is 1.76 bits per heavy atom. The lowest BCUT2D eigenvalue weighted by Crippen LogP contribution is -2.42. The van der Waals surface area contributed by atoms with E-state index in [9.17, 15) is 9.59 Å². The van der Waals surface area contributed by atoms with Crippen LogP contribution < -0.4 is 24.7 Å². The number of hydrogen-bond donors (Lipinski definition) is 1. The second-order valence-electron chi connectivity index (χ2n) is 12.1. The van der Waals surface area contributed by atoms with Crippen LogP contribution in [-0.4, -0.2) is 66.0 Å². The van der Waals surface area contributed by atoms with Gasteiger partial charge >= 0.3 is 6.09 Å². The van der Waals surface area contributed by atoms with Crippen molar-refractivity contribution in [2.24, 2.45) is 11.7 Å². The topological polar surface area (TPSA) is 127 Å². The van der Waals surface area contributed by atoms with Crippen molar-refractivity contribution < 1.29 is 33.3 Å². The van der Waals surface area contributed by atoms with Gasteiger partial charge in [0.05, 0.1) is 36.9 Å². The van der Waals surface area contributed by atoms with Crippen molar-refractivity contribution in [2.75, 3.05) is 33.9 Å². The van der Waals surface area contributed by atoms with Gasteiger partial charge in [-0.2, -0.15) is 0 Å². The molecule has 1 fully saturated rings. The van der Waals surface area contributed by atoms with Gasteiger partial charge in [-0.05, 0) is 52.5 Å². The van der Waals surface area contributed by atoms with E-state index in [1.807, 2.05) is 56.5 Å². The van der Waals surface area contributed by atoms with Gasteiger partial charge in [0.25, 0.3) is 5.91 Å². The van der Waals surface area contributed by atoms with Crippen molar-refractivity contribution >= 4 is 46.0 Å². The summed E-state index contributed by atoms with van der Waals surface area (Å²) in [6.07, 6.45) is 2.45. The quantitative estimate of drug-likeness (QED) is 0.191. The van der Waals surface area contributed by atoms with Crippen LogP contribution in [0.1, 0.15) is 61.9 Å². The van der Waals surface area contributed by atoms with Crippen molar-refractivity contribution in [1.29, 1.82) is 0 Å². The van der Waals surface area contributed by atoms with Gasteiger partial charge in [0.2, 0.25) is 0 Å². The first kappa shape index (κ1) is 33.2. The van der Waals surface area contributed by atoms with E-state index in [1.165, 1.54) is 11.3 Å². The maximum absolute atomic E-state index is 12.5. The predicted octanol–water partition coefficient (Wildman–Crippen LogP) is 7.02. The summed E-state index contributed by atoms with van der Waals surface area (Å²) in [5.74, 6) is 1.66. The first-order chi connectivity index (χ1) is 21.9. The Morgan fingerprint density at radius 3 is 2.41 bits per heavy atom. The summed E-state index contributed by atoms with van der Waals surface area (Å²) in [7, 11) is 3.13. The SMILES string of the molecule is COc1cc2ncn(-c3cc(O[C@H](C)c4cccc(OCC5CCN(C(=O)OC(C)(C)C)CC5)c4Cl)c(C(N)=O)s3)c2cc1OC. The molecule has 246 valence electrons. The van der Waals surface area contributed by atoms with Crippen LogP contribution in [0.3, 0.4) is 0 Å². The number of amides is 2. The van der Waals surface area contributed by atoms with E-state index in [0.717, 1.165) is 18.4 Å². The van der Waals surface area contributed by atoms with Gasteiger partial charge in [-0.25, -0.2) is 9.78 Å². The van der Waals surface area contributed by atoms with Crippen molar-refractivity contribution in [3.8, 4) is 28.0 Å². The molecule has 4 aromatic rings. The molecule has 2 aromatic heterocycles. The molecule has 1 aliphatic rings. The van der Waals surface area contributed by atoms with Crippen LogP contribution in [0, 0.1) is 5.92 Å². The first-order valence-electron chi connectivity index (χ1n) is 15.0. The summed E-state index contributed by atoms with van der Waals surface area (Å²) >= 11 is 8.02. The summed E-state index contributed by atoms with van der Waals surface area (Å²) < 4.78 is 30.7. The van der Waals surface area contributed by atoms with Gasteiger partial charge in [0.1, 0.15) is 39.4 Å². The average molecular weight is 671 g/mol. The fourth-order valence-corrected chi connectivity index (χ4v) is 6.54. The molecule has 1 atom stereocenters. The third-order valence-corrected chi connectivity index (χ3v) is 9.21. The molecule has 5 rings (SSSR count). The molecule has 0 unspecified atom stereocenters. The van der Waals surface area contributed by atoms with Gasteiger partial charge in [-0.1, -0.05) is 23.7 Å². The standard InChI is InChI=1S/C33H39ClN4O7S/c1-19(21-8-7-9-24(29(21)34)43-17-20-10-12-37(13-11-20)32(40)45-33(2,3)4)44-27-16-28(46-30(27)31(35)39)38-18-36-22-14-25(41-5)26(42-6)15-23(22)38/h7-9,14-16,18-20H,10-13,17H2,1-6H3,(H2,35,39)/t19-/m1/s1. The predicted molar refractivity (Wildman–Crippen MR) is 177 cm³/mol. The number of ether oxygens (including phenoxy) is 5. The molecule has 1 saturated heterocycles. The lowest BCUT2D eigenvalue weighted by atomic mass is 9.98. The fraction of sp³-hybridized carbons (Fsp3) is 0.424. The molecule has 13 heteroatoms. The first-order valence-corrected chi connectivity index (χ1v) is 16.2. The van der Waals surface area contributed by atoms with Crippen LogP contribution in [0.5, 0.6) is 23.0 Å². The Kier molecular flexibility index (Phi) is 9.88. The van der Waals surface area contributed by atoms with Gasteiger partial charge in [0, 0.05) is 36.9 Å². The van der Waals surface area contributed by atoms with E-state index >= 15 is 0 Å². The normalized spacial score (nSPS) is 14.6. The van der Waals surface area contributed by atoms with Gasteiger partial charge < -0.3 is 34.3 Å². The van der Waals surface area contributed by atoms with Gasteiger partial charge in [0.15, 0.2) is 11.5 Å². The highest BCUT2D eigenvalue weighted by Gasteiger charge is 2.28. The number of carbonyl (C=O) groups excluding carboxylic acids is 2. The van der Waals surface area contributed by atoms with Gasteiger partial charge in [-0.15, -0.1) is 11.3 Å². The molecule has 0 aliphatic carbocycles.